The first kappa shape index (κ1) is 29.2. The third kappa shape index (κ3) is 5.26. The Balaban J connectivity index is 1.40. The van der Waals surface area contributed by atoms with Crippen molar-refractivity contribution in [3.05, 3.63) is 63.7 Å². The van der Waals surface area contributed by atoms with Crippen molar-refractivity contribution < 1.29 is 33.8 Å². The molecule has 10 nitrogen and oxygen atoms in total. The van der Waals surface area contributed by atoms with E-state index in [1.54, 1.807) is 46.2 Å². The van der Waals surface area contributed by atoms with Gasteiger partial charge in [-0.2, -0.15) is 0 Å². The van der Waals surface area contributed by atoms with Crippen molar-refractivity contribution in [2.75, 3.05) is 26.2 Å². The van der Waals surface area contributed by atoms with Gasteiger partial charge >= 0.3 is 5.97 Å². The number of aliphatic carboxylic acids is 1. The third-order valence-electron chi connectivity index (χ3n) is 9.37. The van der Waals surface area contributed by atoms with Crippen LogP contribution in [0, 0.1) is 11.8 Å². The van der Waals surface area contributed by atoms with E-state index in [2.05, 4.69) is 0 Å². The number of benzene rings is 2. The minimum absolute atomic E-state index is 0.0371. The Morgan fingerprint density at radius 3 is 2.26 bits per heavy atom. The van der Waals surface area contributed by atoms with Gasteiger partial charge in [0.2, 0.25) is 11.8 Å². The summed E-state index contributed by atoms with van der Waals surface area (Å²) in [5.74, 6) is -3.24. The van der Waals surface area contributed by atoms with Crippen LogP contribution in [0.3, 0.4) is 0 Å². The van der Waals surface area contributed by atoms with Crippen LogP contribution in [-0.4, -0.2) is 81.7 Å². The molecule has 0 aromatic heterocycles. The van der Waals surface area contributed by atoms with E-state index in [4.69, 9.17) is 16.3 Å². The number of carboxylic acids is 1. The molecule has 1 N–H and O–H groups in total. The largest absolute Gasteiger partial charge is 0.488 e. The number of hydrogen-bond donors (Lipinski definition) is 1. The summed E-state index contributed by atoms with van der Waals surface area (Å²) in [6.07, 6.45) is 3.13. The van der Waals surface area contributed by atoms with E-state index in [9.17, 15) is 29.1 Å². The number of likely N-dealkylation sites (tertiary alicyclic amines) is 1. The summed E-state index contributed by atoms with van der Waals surface area (Å²) in [6, 6.07) is 9.30. The van der Waals surface area contributed by atoms with Crippen LogP contribution in [0.2, 0.25) is 5.02 Å². The van der Waals surface area contributed by atoms with Crippen molar-refractivity contribution >= 4 is 41.2 Å². The predicted octanol–water partition coefficient (Wildman–Crippen LogP) is 3.95. The van der Waals surface area contributed by atoms with Crippen LogP contribution < -0.4 is 4.74 Å². The second-order valence-corrected chi connectivity index (χ2v) is 12.2. The summed E-state index contributed by atoms with van der Waals surface area (Å²) in [4.78, 5) is 69.8. The lowest BCUT2D eigenvalue weighted by Crippen LogP contribution is -2.50. The normalized spacial score (nSPS) is 25.0. The Morgan fingerprint density at radius 2 is 1.63 bits per heavy atom. The summed E-state index contributed by atoms with van der Waals surface area (Å²) in [6.45, 7) is 2.63. The van der Waals surface area contributed by atoms with Crippen molar-refractivity contribution in [1.29, 1.82) is 0 Å². The molecule has 1 aliphatic carbocycles. The van der Waals surface area contributed by atoms with Crippen LogP contribution >= 0.6 is 11.6 Å². The minimum atomic E-state index is -0.990. The Bertz CT molecular complexity index is 1470. The second kappa shape index (κ2) is 11.6. The zero-order chi connectivity index (χ0) is 30.4. The Labute approximate surface area is 254 Å². The molecule has 2 aromatic rings. The molecule has 226 valence electrons. The van der Waals surface area contributed by atoms with Crippen molar-refractivity contribution in [3.63, 3.8) is 0 Å². The number of ether oxygens (including phenoxy) is 1. The molecule has 4 aliphatic rings. The van der Waals surface area contributed by atoms with Gasteiger partial charge in [0.15, 0.2) is 0 Å². The number of rotatable bonds is 6. The fourth-order valence-corrected chi connectivity index (χ4v) is 7.40. The number of imide groups is 1. The van der Waals surface area contributed by atoms with Gasteiger partial charge in [-0.25, -0.2) is 0 Å². The molecule has 11 heteroatoms. The zero-order valence-electron chi connectivity index (χ0n) is 24.0. The molecule has 4 atom stereocenters. The van der Waals surface area contributed by atoms with Gasteiger partial charge in [-0.1, -0.05) is 36.6 Å². The van der Waals surface area contributed by atoms with E-state index < -0.39 is 35.7 Å². The van der Waals surface area contributed by atoms with Gasteiger partial charge in [-0.3, -0.25) is 28.9 Å². The van der Waals surface area contributed by atoms with Crippen LogP contribution in [0.25, 0.3) is 0 Å². The maximum absolute atomic E-state index is 14.3. The summed E-state index contributed by atoms with van der Waals surface area (Å²) in [5.41, 5.74) is 1.99. The van der Waals surface area contributed by atoms with Crippen LogP contribution in [0.15, 0.2) is 36.4 Å². The number of fused-ring (bicyclic) bond motifs is 2. The van der Waals surface area contributed by atoms with Crippen molar-refractivity contribution in [2.45, 2.75) is 57.6 Å². The average Bonchev–Trinajstić information content (AvgIpc) is 3.57. The number of nitrogens with zero attached hydrogens (tertiary/aromatic N) is 3. The molecule has 1 unspecified atom stereocenters. The quantitative estimate of drug-likeness (QED) is 0.493. The zero-order valence-corrected chi connectivity index (χ0v) is 24.7. The number of halogens is 1. The summed E-state index contributed by atoms with van der Waals surface area (Å²) in [5, 5.41) is 10.4. The summed E-state index contributed by atoms with van der Waals surface area (Å²) >= 11 is 6.71. The average molecular weight is 608 g/mol. The van der Waals surface area contributed by atoms with Gasteiger partial charge in [-0.05, 0) is 49.1 Å². The predicted molar refractivity (Wildman–Crippen MR) is 156 cm³/mol. The van der Waals surface area contributed by atoms with Crippen LogP contribution in [0.4, 0.5) is 0 Å². The fraction of sp³-hybridized carbons (Fsp3) is 0.469. The molecule has 1 saturated heterocycles. The second-order valence-electron chi connectivity index (χ2n) is 11.8. The first-order chi connectivity index (χ1) is 20.7. The van der Waals surface area contributed by atoms with E-state index in [0.29, 0.717) is 66.2 Å². The molecule has 0 spiro atoms. The summed E-state index contributed by atoms with van der Waals surface area (Å²) in [7, 11) is 0. The first-order valence-corrected chi connectivity index (χ1v) is 15.3. The van der Waals surface area contributed by atoms with Gasteiger partial charge in [0.05, 0.1) is 42.1 Å². The van der Waals surface area contributed by atoms with Gasteiger partial charge in [-0.15, -0.1) is 0 Å². The van der Waals surface area contributed by atoms with Gasteiger partial charge in [0.1, 0.15) is 11.9 Å². The molecule has 0 radical (unpaired) electrons. The van der Waals surface area contributed by atoms with E-state index >= 15 is 0 Å². The molecule has 6 rings (SSSR count). The van der Waals surface area contributed by atoms with Gasteiger partial charge < -0.3 is 19.6 Å². The number of amides is 4. The van der Waals surface area contributed by atoms with E-state index in [-0.39, 0.29) is 31.0 Å². The highest BCUT2D eigenvalue weighted by molar-refractivity contribution is 6.31. The molecular weight excluding hydrogens is 574 g/mol. The first-order valence-electron chi connectivity index (χ1n) is 14.9. The van der Waals surface area contributed by atoms with E-state index in [1.165, 1.54) is 6.92 Å². The monoisotopic (exact) mass is 607 g/mol. The highest BCUT2D eigenvalue weighted by Crippen LogP contribution is 2.44. The smallest absolute Gasteiger partial charge is 0.307 e. The molecule has 2 aromatic carbocycles. The SMILES string of the molecule is CC(=O)N1CC[C@H](Oc2ccc(Cl)c3c2[C@@H](CN2C(=O)c4ccccc4C2=O)N(C(=O)C2CCCC[C@H]2C(=O)O)CC3)C1. The number of hydrogen-bond acceptors (Lipinski definition) is 6. The number of carbonyl (C=O) groups excluding carboxylic acids is 4. The Morgan fingerprint density at radius 1 is 0.953 bits per heavy atom. The topological polar surface area (TPSA) is 125 Å². The molecule has 43 heavy (non-hydrogen) atoms. The van der Waals surface area contributed by atoms with Crippen molar-refractivity contribution in [1.82, 2.24) is 14.7 Å². The molecule has 0 bridgehead atoms. The standard InChI is InChI=1S/C32H34ClN3O7/c1-18(37)34-14-12-19(16-34)43-27-11-10-25(33)24-13-15-35(29(38)22-8-4-5-9-23(22)32(41)42)26(28(24)27)17-36-30(39)20-6-2-3-7-21(20)31(36)40/h2-3,6-7,10-11,19,22-23,26H,4-5,8-9,12-17H2,1H3,(H,41,42)/t19-,22?,23+,26+/m0/s1. The molecule has 1 saturated carbocycles. The molecule has 2 fully saturated rings. The molecule has 3 aliphatic heterocycles. The Kier molecular flexibility index (Phi) is 7.89. The van der Waals surface area contributed by atoms with Crippen LogP contribution in [0.5, 0.6) is 5.75 Å². The number of carboxylic acid groups (broad SMARTS) is 1. The fourth-order valence-electron chi connectivity index (χ4n) is 7.14. The highest BCUT2D eigenvalue weighted by atomic mass is 35.5. The number of carbonyl (C=O) groups is 5. The lowest BCUT2D eigenvalue weighted by molar-refractivity contribution is -0.153. The van der Waals surface area contributed by atoms with Crippen LogP contribution in [-0.2, 0) is 20.8 Å². The molecule has 4 amide bonds. The third-order valence-corrected chi connectivity index (χ3v) is 9.73. The summed E-state index contributed by atoms with van der Waals surface area (Å²) < 4.78 is 6.48. The van der Waals surface area contributed by atoms with E-state index in [1.807, 2.05) is 0 Å². The maximum atomic E-state index is 14.3. The lowest BCUT2D eigenvalue weighted by Gasteiger charge is -2.42. The maximum Gasteiger partial charge on any atom is 0.307 e. The van der Waals surface area contributed by atoms with Crippen molar-refractivity contribution in [3.8, 4) is 5.75 Å². The van der Waals surface area contributed by atoms with Gasteiger partial charge in [0.25, 0.3) is 11.8 Å². The lowest BCUT2D eigenvalue weighted by atomic mass is 9.77. The van der Waals surface area contributed by atoms with Crippen molar-refractivity contribution in [2.24, 2.45) is 11.8 Å². The molecular formula is C32H34ClN3O7. The minimum Gasteiger partial charge on any atom is -0.488 e. The van der Waals surface area contributed by atoms with E-state index in [0.717, 1.165) is 23.3 Å². The highest BCUT2D eigenvalue weighted by Gasteiger charge is 2.45. The van der Waals surface area contributed by atoms with Crippen LogP contribution in [0.1, 0.15) is 76.9 Å². The van der Waals surface area contributed by atoms with Gasteiger partial charge in [0, 0.05) is 37.0 Å². The Hall–Kier alpha value is -3.92. The molecule has 3 heterocycles.